The van der Waals surface area contributed by atoms with E-state index < -0.39 is 0 Å². The summed E-state index contributed by atoms with van der Waals surface area (Å²) in [6, 6.07) is 13.9. The fourth-order valence-corrected chi connectivity index (χ4v) is 3.03. The number of hydrogen-bond donors (Lipinski definition) is 0. The van der Waals surface area contributed by atoms with Crippen molar-refractivity contribution in [3.63, 3.8) is 0 Å². The van der Waals surface area contributed by atoms with Gasteiger partial charge >= 0.3 is 0 Å². The van der Waals surface area contributed by atoms with E-state index in [4.69, 9.17) is 9.47 Å². The molecule has 108 valence electrons. The minimum atomic E-state index is 0.143. The Morgan fingerprint density at radius 3 is 2.43 bits per heavy atom. The zero-order chi connectivity index (χ0) is 14.8. The van der Waals surface area contributed by atoms with Gasteiger partial charge in [0.15, 0.2) is 5.78 Å². The topological polar surface area (TPSA) is 35.5 Å². The number of hydrogen-bond acceptors (Lipinski definition) is 3. The molecule has 1 aliphatic carbocycles. The highest BCUT2D eigenvalue weighted by molar-refractivity contribution is 6.02. The van der Waals surface area contributed by atoms with Gasteiger partial charge in [0.25, 0.3) is 0 Å². The normalized spacial score (nSPS) is 17.2. The molecular formula is C18H18O3. The molecule has 2 aromatic rings. The number of fused-ring (bicyclic) bond motifs is 1. The molecule has 3 rings (SSSR count). The zero-order valence-corrected chi connectivity index (χ0v) is 12.3. The molecule has 0 fully saturated rings. The third kappa shape index (κ3) is 2.51. The first-order valence-electron chi connectivity index (χ1n) is 7.06. The maximum atomic E-state index is 12.5. The van der Waals surface area contributed by atoms with Crippen LogP contribution in [0.25, 0.3) is 0 Å². The number of rotatable bonds is 3. The Bertz CT molecular complexity index is 662. The van der Waals surface area contributed by atoms with Crippen molar-refractivity contribution in [2.45, 2.75) is 18.8 Å². The van der Waals surface area contributed by atoms with Gasteiger partial charge in [0.1, 0.15) is 11.5 Å². The van der Waals surface area contributed by atoms with Gasteiger partial charge in [-0.1, -0.05) is 30.3 Å². The van der Waals surface area contributed by atoms with Crippen LogP contribution in [-0.2, 0) is 6.42 Å². The number of Topliss-reactive ketones (excluding diaryl/α,β-unsaturated/α-hetero) is 1. The molecule has 0 amide bonds. The first-order chi connectivity index (χ1) is 10.2. The minimum absolute atomic E-state index is 0.143. The summed E-state index contributed by atoms with van der Waals surface area (Å²) in [5, 5.41) is 0. The average Bonchev–Trinajstić information content (AvgIpc) is 2.54. The van der Waals surface area contributed by atoms with Crippen LogP contribution >= 0.6 is 0 Å². The van der Waals surface area contributed by atoms with Crippen LogP contribution in [0.1, 0.15) is 33.8 Å². The van der Waals surface area contributed by atoms with Gasteiger partial charge < -0.3 is 9.47 Å². The van der Waals surface area contributed by atoms with Crippen molar-refractivity contribution in [3.05, 3.63) is 59.2 Å². The summed E-state index contributed by atoms with van der Waals surface area (Å²) >= 11 is 0. The summed E-state index contributed by atoms with van der Waals surface area (Å²) < 4.78 is 10.7. The van der Waals surface area contributed by atoms with E-state index in [1.165, 1.54) is 5.56 Å². The van der Waals surface area contributed by atoms with Crippen LogP contribution in [0, 0.1) is 0 Å². The van der Waals surface area contributed by atoms with Crippen molar-refractivity contribution in [1.82, 2.24) is 0 Å². The molecule has 0 aromatic heterocycles. The molecule has 0 N–H and O–H groups in total. The fraction of sp³-hybridized carbons (Fsp3) is 0.278. The fourth-order valence-electron chi connectivity index (χ4n) is 3.03. The number of ketones is 1. The second kappa shape index (κ2) is 5.60. The van der Waals surface area contributed by atoms with Crippen LogP contribution in [0.3, 0.4) is 0 Å². The van der Waals surface area contributed by atoms with Crippen molar-refractivity contribution in [3.8, 4) is 11.5 Å². The highest BCUT2D eigenvalue weighted by Crippen LogP contribution is 2.39. The lowest BCUT2D eigenvalue weighted by Gasteiger charge is -2.26. The lowest BCUT2D eigenvalue weighted by atomic mass is 9.79. The highest BCUT2D eigenvalue weighted by Gasteiger charge is 2.29. The summed E-state index contributed by atoms with van der Waals surface area (Å²) in [6.07, 6.45) is 1.36. The van der Waals surface area contributed by atoms with E-state index >= 15 is 0 Å². The molecule has 0 radical (unpaired) electrons. The van der Waals surface area contributed by atoms with Crippen LogP contribution in [0.15, 0.2) is 42.5 Å². The van der Waals surface area contributed by atoms with Gasteiger partial charge in [-0.05, 0) is 29.5 Å². The van der Waals surface area contributed by atoms with Crippen molar-refractivity contribution < 1.29 is 14.3 Å². The molecule has 1 atom stereocenters. The Morgan fingerprint density at radius 2 is 1.76 bits per heavy atom. The van der Waals surface area contributed by atoms with E-state index in [1.807, 2.05) is 24.3 Å². The first kappa shape index (κ1) is 13.7. The van der Waals surface area contributed by atoms with Gasteiger partial charge in [0.05, 0.1) is 19.8 Å². The Hall–Kier alpha value is -2.29. The van der Waals surface area contributed by atoms with Crippen LogP contribution in [-0.4, -0.2) is 20.0 Å². The maximum absolute atomic E-state index is 12.5. The molecule has 0 saturated carbocycles. The van der Waals surface area contributed by atoms with E-state index in [-0.39, 0.29) is 11.7 Å². The molecule has 0 aliphatic heterocycles. The summed E-state index contributed by atoms with van der Waals surface area (Å²) in [6.45, 7) is 0. The molecule has 21 heavy (non-hydrogen) atoms. The van der Waals surface area contributed by atoms with Gasteiger partial charge in [0.2, 0.25) is 0 Å². The van der Waals surface area contributed by atoms with E-state index in [9.17, 15) is 4.79 Å². The van der Waals surface area contributed by atoms with Crippen molar-refractivity contribution in [2.24, 2.45) is 0 Å². The smallest absolute Gasteiger partial charge is 0.167 e. The third-order valence-electron chi connectivity index (χ3n) is 4.06. The molecule has 2 aromatic carbocycles. The molecule has 0 spiro atoms. The quantitative estimate of drug-likeness (QED) is 0.862. The minimum Gasteiger partial charge on any atom is -0.497 e. The van der Waals surface area contributed by atoms with Gasteiger partial charge in [-0.2, -0.15) is 0 Å². The van der Waals surface area contributed by atoms with Crippen LogP contribution in [0.5, 0.6) is 11.5 Å². The largest absolute Gasteiger partial charge is 0.497 e. The number of benzene rings is 2. The second-order valence-corrected chi connectivity index (χ2v) is 5.30. The van der Waals surface area contributed by atoms with Crippen LogP contribution < -0.4 is 9.47 Å². The Kier molecular flexibility index (Phi) is 3.65. The zero-order valence-electron chi connectivity index (χ0n) is 12.3. The first-order valence-corrected chi connectivity index (χ1v) is 7.06. The van der Waals surface area contributed by atoms with Crippen molar-refractivity contribution in [2.75, 3.05) is 14.2 Å². The molecule has 3 heteroatoms. The maximum Gasteiger partial charge on any atom is 0.167 e. The highest BCUT2D eigenvalue weighted by atomic mass is 16.5. The summed E-state index contributed by atoms with van der Waals surface area (Å²) in [4.78, 5) is 12.5. The lowest BCUT2D eigenvalue weighted by Crippen LogP contribution is -2.19. The molecule has 0 saturated heterocycles. The second-order valence-electron chi connectivity index (χ2n) is 5.30. The average molecular weight is 282 g/mol. The Morgan fingerprint density at radius 1 is 1.00 bits per heavy atom. The predicted molar refractivity (Wildman–Crippen MR) is 81.4 cm³/mol. The summed E-state index contributed by atoms with van der Waals surface area (Å²) in [7, 11) is 3.21. The third-order valence-corrected chi connectivity index (χ3v) is 4.06. The van der Waals surface area contributed by atoms with Gasteiger partial charge in [-0.25, -0.2) is 0 Å². The monoisotopic (exact) mass is 282 g/mol. The molecule has 1 aliphatic rings. The number of ether oxygens (including phenoxy) is 2. The van der Waals surface area contributed by atoms with Gasteiger partial charge in [-0.3, -0.25) is 4.79 Å². The molecule has 0 bridgehead atoms. The van der Waals surface area contributed by atoms with Crippen LogP contribution in [0.4, 0.5) is 0 Å². The predicted octanol–water partition coefficient (Wildman–Crippen LogP) is 3.62. The van der Waals surface area contributed by atoms with Gasteiger partial charge in [0, 0.05) is 12.5 Å². The van der Waals surface area contributed by atoms with Gasteiger partial charge in [-0.15, -0.1) is 0 Å². The van der Waals surface area contributed by atoms with E-state index in [0.717, 1.165) is 17.7 Å². The number of carbonyl (C=O) groups excluding carboxylic acids is 1. The van der Waals surface area contributed by atoms with Crippen molar-refractivity contribution in [1.29, 1.82) is 0 Å². The van der Waals surface area contributed by atoms with E-state index in [1.54, 1.807) is 20.3 Å². The molecule has 0 unspecified atom stereocenters. The summed E-state index contributed by atoms with van der Waals surface area (Å²) in [5.74, 6) is 1.71. The number of methoxy groups -OCH3 is 2. The SMILES string of the molecule is COc1cc2c(c(OC)c1)C(=O)C[C@@H](c1ccccc1)C2. The molecule has 0 heterocycles. The standard InChI is InChI=1S/C18H18O3/c1-20-15-9-14-8-13(12-6-4-3-5-7-12)10-16(19)18(14)17(11-15)21-2/h3-7,9,11,13H,8,10H2,1-2H3/t13-/m0/s1. The Labute approximate surface area is 124 Å². The molecule has 3 nitrogen and oxygen atoms in total. The van der Waals surface area contributed by atoms with Crippen molar-refractivity contribution >= 4 is 5.78 Å². The number of carbonyl (C=O) groups is 1. The summed E-state index contributed by atoms with van der Waals surface area (Å²) in [5.41, 5.74) is 2.93. The molecular weight excluding hydrogens is 264 g/mol. The van der Waals surface area contributed by atoms with E-state index in [2.05, 4.69) is 12.1 Å². The van der Waals surface area contributed by atoms with E-state index in [0.29, 0.717) is 17.7 Å². The Balaban J connectivity index is 2.03. The van der Waals surface area contributed by atoms with Crippen LogP contribution in [0.2, 0.25) is 0 Å². The lowest BCUT2D eigenvalue weighted by molar-refractivity contribution is 0.0961.